The fourth-order valence-electron chi connectivity index (χ4n) is 2.05. The molecular formula is C10H22ClFN2O2S. The summed E-state index contributed by atoms with van der Waals surface area (Å²) in [6.07, 6.45) is 1.91. The maximum absolute atomic E-state index is 12.0. The zero-order valence-electron chi connectivity index (χ0n) is 10.2. The summed E-state index contributed by atoms with van der Waals surface area (Å²) in [7, 11) is -1.30. The second kappa shape index (κ2) is 8.24. The molecule has 1 aliphatic rings. The van der Waals surface area contributed by atoms with E-state index in [9.17, 15) is 12.8 Å². The molecule has 1 aliphatic heterocycles. The van der Waals surface area contributed by atoms with Crippen LogP contribution in [-0.4, -0.2) is 51.8 Å². The van der Waals surface area contributed by atoms with E-state index in [1.54, 1.807) is 0 Å². The van der Waals surface area contributed by atoms with Crippen molar-refractivity contribution >= 4 is 22.4 Å². The van der Waals surface area contributed by atoms with E-state index >= 15 is 0 Å². The zero-order valence-corrected chi connectivity index (χ0v) is 11.8. The molecule has 104 valence electrons. The summed E-state index contributed by atoms with van der Waals surface area (Å²) in [4.78, 5) is 0. The Morgan fingerprint density at radius 1 is 1.35 bits per heavy atom. The molecule has 0 aromatic rings. The third-order valence-corrected chi connectivity index (χ3v) is 4.95. The van der Waals surface area contributed by atoms with Gasteiger partial charge in [0.05, 0.1) is 12.4 Å². The van der Waals surface area contributed by atoms with E-state index in [1.165, 1.54) is 4.31 Å². The average Bonchev–Trinajstić information content (AvgIpc) is 2.28. The molecule has 1 rings (SSSR count). The molecule has 17 heavy (non-hydrogen) atoms. The summed E-state index contributed by atoms with van der Waals surface area (Å²) in [5.74, 6) is 0.512. The van der Waals surface area contributed by atoms with Crippen LogP contribution in [0.1, 0.15) is 19.3 Å². The molecule has 0 radical (unpaired) electrons. The highest BCUT2D eigenvalue weighted by Crippen LogP contribution is 2.19. The number of piperidine rings is 1. The van der Waals surface area contributed by atoms with E-state index in [0.717, 1.165) is 19.4 Å². The van der Waals surface area contributed by atoms with E-state index < -0.39 is 16.7 Å². The Balaban J connectivity index is 0.00000256. The van der Waals surface area contributed by atoms with E-state index in [2.05, 4.69) is 5.32 Å². The molecule has 0 aliphatic carbocycles. The Morgan fingerprint density at radius 3 is 2.41 bits per heavy atom. The van der Waals surface area contributed by atoms with Crippen LogP contribution in [0.3, 0.4) is 0 Å². The lowest BCUT2D eigenvalue weighted by Gasteiger charge is -2.31. The van der Waals surface area contributed by atoms with Gasteiger partial charge in [-0.25, -0.2) is 12.7 Å². The van der Waals surface area contributed by atoms with E-state index in [1.807, 2.05) is 7.05 Å². The minimum absolute atomic E-state index is 0. The number of nitrogens with one attached hydrogen (secondary N) is 1. The van der Waals surface area contributed by atoms with Crippen molar-refractivity contribution in [2.45, 2.75) is 19.3 Å². The number of hydrogen-bond acceptors (Lipinski definition) is 3. The predicted octanol–water partition coefficient (Wildman–Crippen LogP) is 1.03. The van der Waals surface area contributed by atoms with Crippen molar-refractivity contribution in [2.75, 3.05) is 39.1 Å². The van der Waals surface area contributed by atoms with Crippen LogP contribution < -0.4 is 5.32 Å². The van der Waals surface area contributed by atoms with Gasteiger partial charge in [0.15, 0.2) is 0 Å². The van der Waals surface area contributed by atoms with Gasteiger partial charge >= 0.3 is 0 Å². The van der Waals surface area contributed by atoms with E-state index in [-0.39, 0.29) is 24.6 Å². The first-order valence-corrected chi connectivity index (χ1v) is 7.39. The summed E-state index contributed by atoms with van der Waals surface area (Å²) in [5.41, 5.74) is 0. The maximum atomic E-state index is 12.0. The Labute approximate surface area is 109 Å². The van der Waals surface area contributed by atoms with Crippen molar-refractivity contribution < 1.29 is 12.8 Å². The van der Waals surface area contributed by atoms with Crippen LogP contribution in [0, 0.1) is 5.92 Å². The van der Waals surface area contributed by atoms with E-state index in [0.29, 0.717) is 19.0 Å². The number of alkyl halides is 1. The largest absolute Gasteiger partial charge is 0.319 e. The van der Waals surface area contributed by atoms with Gasteiger partial charge in [0.2, 0.25) is 10.0 Å². The van der Waals surface area contributed by atoms with Gasteiger partial charge in [-0.1, -0.05) is 0 Å². The first kappa shape index (κ1) is 17.1. The molecule has 1 fully saturated rings. The smallest absolute Gasteiger partial charge is 0.214 e. The van der Waals surface area contributed by atoms with Crippen molar-refractivity contribution in [3.8, 4) is 0 Å². The lowest BCUT2D eigenvalue weighted by atomic mass is 9.98. The maximum Gasteiger partial charge on any atom is 0.214 e. The molecule has 0 atom stereocenters. The molecule has 0 spiro atoms. The molecule has 0 bridgehead atoms. The normalized spacial score (nSPS) is 18.9. The standard InChI is InChI=1S/C10H21FN2O2S.ClH/c1-12-9-10-3-6-13(7-4-10)16(14,15)8-2-5-11;/h10,12H,2-9H2,1H3;1H. The molecule has 4 nitrogen and oxygen atoms in total. The van der Waals surface area contributed by atoms with Gasteiger partial charge in [0.25, 0.3) is 0 Å². The number of rotatable bonds is 6. The molecule has 0 aromatic heterocycles. The van der Waals surface area contributed by atoms with Crippen LogP contribution in [0.4, 0.5) is 4.39 Å². The lowest BCUT2D eigenvalue weighted by molar-refractivity contribution is 0.270. The van der Waals surface area contributed by atoms with Crippen molar-refractivity contribution in [3.05, 3.63) is 0 Å². The first-order chi connectivity index (χ1) is 7.60. The second-order valence-corrected chi connectivity index (χ2v) is 6.35. The SMILES string of the molecule is CNCC1CCN(S(=O)(=O)CCCF)CC1.Cl. The Hall–Kier alpha value is 0.0900. The van der Waals surface area contributed by atoms with Crippen molar-refractivity contribution in [2.24, 2.45) is 5.92 Å². The highest BCUT2D eigenvalue weighted by atomic mass is 35.5. The molecular weight excluding hydrogens is 267 g/mol. The van der Waals surface area contributed by atoms with Gasteiger partial charge in [-0.05, 0) is 38.8 Å². The van der Waals surface area contributed by atoms with Gasteiger partial charge in [-0.2, -0.15) is 0 Å². The quantitative estimate of drug-likeness (QED) is 0.794. The topological polar surface area (TPSA) is 49.4 Å². The third kappa shape index (κ3) is 5.50. The predicted molar refractivity (Wildman–Crippen MR) is 69.9 cm³/mol. The highest BCUT2D eigenvalue weighted by Gasteiger charge is 2.27. The van der Waals surface area contributed by atoms with Crippen LogP contribution in [0.5, 0.6) is 0 Å². The molecule has 7 heteroatoms. The molecule has 1 saturated heterocycles. The Kier molecular flexibility index (Phi) is 8.28. The summed E-state index contributed by atoms with van der Waals surface area (Å²) in [6, 6.07) is 0. The van der Waals surface area contributed by atoms with Crippen molar-refractivity contribution in [1.82, 2.24) is 9.62 Å². The summed E-state index contributed by atoms with van der Waals surface area (Å²) >= 11 is 0. The van der Waals surface area contributed by atoms with E-state index in [4.69, 9.17) is 0 Å². The molecule has 0 aromatic carbocycles. The summed E-state index contributed by atoms with van der Waals surface area (Å²) in [5, 5.41) is 3.11. The molecule has 0 unspecified atom stereocenters. The lowest BCUT2D eigenvalue weighted by Crippen LogP contribution is -2.41. The fraction of sp³-hybridized carbons (Fsp3) is 1.00. The van der Waals surface area contributed by atoms with Gasteiger partial charge in [0.1, 0.15) is 0 Å². The van der Waals surface area contributed by atoms with Crippen molar-refractivity contribution in [1.29, 1.82) is 0 Å². The third-order valence-electron chi connectivity index (χ3n) is 3.00. The van der Waals surface area contributed by atoms with Gasteiger partial charge in [-0.15, -0.1) is 12.4 Å². The monoisotopic (exact) mass is 288 g/mol. The Morgan fingerprint density at radius 2 is 1.94 bits per heavy atom. The van der Waals surface area contributed by atoms with Crippen LogP contribution >= 0.6 is 12.4 Å². The Bertz CT molecular complexity index is 293. The highest BCUT2D eigenvalue weighted by molar-refractivity contribution is 7.89. The van der Waals surface area contributed by atoms with Gasteiger partial charge < -0.3 is 5.32 Å². The van der Waals surface area contributed by atoms with Gasteiger partial charge in [-0.3, -0.25) is 4.39 Å². The zero-order chi connectivity index (χ0) is 12.0. The van der Waals surface area contributed by atoms with Crippen LogP contribution in [-0.2, 0) is 10.0 Å². The number of halogens is 2. The van der Waals surface area contributed by atoms with Crippen LogP contribution in [0.15, 0.2) is 0 Å². The minimum atomic E-state index is -3.21. The fourth-order valence-corrected chi connectivity index (χ4v) is 3.55. The molecule has 1 heterocycles. The summed E-state index contributed by atoms with van der Waals surface area (Å²) < 4.78 is 37.0. The number of hydrogen-bond donors (Lipinski definition) is 1. The minimum Gasteiger partial charge on any atom is -0.319 e. The molecule has 1 N–H and O–H groups in total. The number of sulfonamides is 1. The summed E-state index contributed by atoms with van der Waals surface area (Å²) in [6.45, 7) is 1.55. The number of nitrogens with zero attached hydrogens (tertiary/aromatic N) is 1. The van der Waals surface area contributed by atoms with Crippen molar-refractivity contribution in [3.63, 3.8) is 0 Å². The second-order valence-electron chi connectivity index (χ2n) is 4.26. The van der Waals surface area contributed by atoms with Crippen LogP contribution in [0.2, 0.25) is 0 Å². The molecule has 0 amide bonds. The molecule has 0 saturated carbocycles. The average molecular weight is 289 g/mol. The van der Waals surface area contributed by atoms with Crippen LogP contribution in [0.25, 0.3) is 0 Å². The van der Waals surface area contributed by atoms with Gasteiger partial charge in [0, 0.05) is 13.1 Å². The first-order valence-electron chi connectivity index (χ1n) is 5.78.